The van der Waals surface area contributed by atoms with Crippen molar-refractivity contribution in [3.8, 4) is 0 Å². The number of amides is 2. The molecule has 8 heteroatoms. The standard InChI is InChI=1S/C24H27BrClFN2O2S/c1-14(21-7-8-22(25)32-21)24(31)28-19-6-3-16-12-29(13-17(16)10-19)23(30)9-4-15-2-5-18(27)11-20(15)26/h2,5,7-8,11,14,16-17,19H,3-4,6,9-10,12-13H2,1H3,(H,28,31). The van der Waals surface area contributed by atoms with E-state index in [1.165, 1.54) is 12.1 Å². The SMILES string of the molecule is CC(C(=O)NC1CCC2CN(C(=O)CCc3ccc(F)cc3Cl)CC2C1)c1ccc(Br)s1. The third kappa shape index (κ3) is 5.54. The van der Waals surface area contributed by atoms with Gasteiger partial charge in [-0.2, -0.15) is 0 Å². The molecule has 2 heterocycles. The van der Waals surface area contributed by atoms with Crippen molar-refractivity contribution in [2.24, 2.45) is 11.8 Å². The minimum absolute atomic E-state index is 0.0740. The third-order valence-corrected chi connectivity index (χ3v) is 8.94. The monoisotopic (exact) mass is 540 g/mol. The van der Waals surface area contributed by atoms with E-state index in [1.54, 1.807) is 17.4 Å². The molecule has 4 unspecified atom stereocenters. The Morgan fingerprint density at radius 3 is 2.75 bits per heavy atom. The Labute approximate surface area is 205 Å². The van der Waals surface area contributed by atoms with Crippen LogP contribution in [0.5, 0.6) is 0 Å². The second kappa shape index (κ2) is 10.2. The molecule has 1 aliphatic heterocycles. The van der Waals surface area contributed by atoms with Crippen molar-refractivity contribution in [1.29, 1.82) is 0 Å². The van der Waals surface area contributed by atoms with Crippen molar-refractivity contribution >= 4 is 50.7 Å². The summed E-state index contributed by atoms with van der Waals surface area (Å²) in [4.78, 5) is 28.5. The molecular formula is C24H27BrClFN2O2S. The van der Waals surface area contributed by atoms with Crippen LogP contribution in [-0.2, 0) is 16.0 Å². The van der Waals surface area contributed by atoms with E-state index < -0.39 is 0 Å². The molecule has 2 amide bonds. The summed E-state index contributed by atoms with van der Waals surface area (Å²) >= 11 is 11.1. The fourth-order valence-electron chi connectivity index (χ4n) is 4.91. The lowest BCUT2D eigenvalue weighted by Gasteiger charge is -2.31. The quantitative estimate of drug-likeness (QED) is 0.504. The van der Waals surface area contributed by atoms with Gasteiger partial charge >= 0.3 is 0 Å². The lowest BCUT2D eigenvalue weighted by molar-refractivity contribution is -0.130. The van der Waals surface area contributed by atoms with E-state index in [0.717, 1.165) is 46.6 Å². The van der Waals surface area contributed by atoms with Crippen LogP contribution in [0.3, 0.4) is 0 Å². The van der Waals surface area contributed by atoms with E-state index in [2.05, 4.69) is 21.2 Å². The summed E-state index contributed by atoms with van der Waals surface area (Å²) in [6, 6.07) is 8.46. The van der Waals surface area contributed by atoms with Crippen LogP contribution < -0.4 is 5.32 Å². The topological polar surface area (TPSA) is 49.4 Å². The maximum atomic E-state index is 13.2. The van der Waals surface area contributed by atoms with Crippen LogP contribution in [0, 0.1) is 17.7 Å². The van der Waals surface area contributed by atoms with Crippen LogP contribution in [0.15, 0.2) is 34.1 Å². The Morgan fingerprint density at radius 2 is 2.03 bits per heavy atom. The number of carbonyl (C=O) groups excluding carboxylic acids is 2. The summed E-state index contributed by atoms with van der Waals surface area (Å²) in [6.45, 7) is 3.49. The minimum atomic E-state index is -0.368. The Kier molecular flexibility index (Phi) is 7.58. The van der Waals surface area contributed by atoms with Crippen LogP contribution in [0.2, 0.25) is 5.02 Å². The first kappa shape index (κ1) is 23.7. The molecule has 0 radical (unpaired) electrons. The van der Waals surface area contributed by atoms with Crippen LogP contribution in [-0.4, -0.2) is 35.8 Å². The van der Waals surface area contributed by atoms with Gasteiger partial charge in [-0.25, -0.2) is 4.39 Å². The highest BCUT2D eigenvalue weighted by Crippen LogP contribution is 2.37. The zero-order valence-electron chi connectivity index (χ0n) is 18.0. The number of thiophene rings is 1. The predicted octanol–water partition coefficient (Wildman–Crippen LogP) is 5.78. The second-order valence-electron chi connectivity index (χ2n) is 8.94. The number of nitrogens with zero attached hydrogens (tertiary/aromatic N) is 1. The molecule has 1 N–H and O–H groups in total. The molecule has 4 atom stereocenters. The van der Waals surface area contributed by atoms with Crippen molar-refractivity contribution in [2.45, 2.75) is 51.0 Å². The first-order valence-electron chi connectivity index (χ1n) is 11.1. The molecule has 1 saturated heterocycles. The van der Waals surface area contributed by atoms with Gasteiger partial charge in [-0.3, -0.25) is 9.59 Å². The number of carbonyl (C=O) groups is 2. The molecule has 0 bridgehead atoms. The van der Waals surface area contributed by atoms with Crippen molar-refractivity contribution in [2.75, 3.05) is 13.1 Å². The normalized spacial score (nSPS) is 23.6. The summed E-state index contributed by atoms with van der Waals surface area (Å²) in [6.07, 6.45) is 3.80. The van der Waals surface area contributed by atoms with Crippen LogP contribution in [0.25, 0.3) is 0 Å². The molecule has 1 aromatic carbocycles. The van der Waals surface area contributed by atoms with Gasteiger partial charge < -0.3 is 10.2 Å². The molecule has 1 aliphatic carbocycles. The smallest absolute Gasteiger partial charge is 0.228 e. The highest BCUT2D eigenvalue weighted by Gasteiger charge is 2.39. The summed E-state index contributed by atoms with van der Waals surface area (Å²) in [5, 5.41) is 3.62. The van der Waals surface area contributed by atoms with Gasteiger partial charge in [0.25, 0.3) is 0 Å². The van der Waals surface area contributed by atoms with Gasteiger partial charge in [-0.15, -0.1) is 11.3 Å². The molecule has 0 spiro atoms. The van der Waals surface area contributed by atoms with Crippen molar-refractivity contribution in [3.63, 3.8) is 0 Å². The molecule has 32 heavy (non-hydrogen) atoms. The fourth-order valence-corrected chi connectivity index (χ4v) is 6.64. The molecular weight excluding hydrogens is 515 g/mol. The van der Waals surface area contributed by atoms with Gasteiger partial charge in [0.05, 0.1) is 9.70 Å². The number of hydrogen-bond acceptors (Lipinski definition) is 3. The van der Waals surface area contributed by atoms with E-state index in [1.807, 2.05) is 24.0 Å². The summed E-state index contributed by atoms with van der Waals surface area (Å²) in [5.41, 5.74) is 0.799. The minimum Gasteiger partial charge on any atom is -0.353 e. The summed E-state index contributed by atoms with van der Waals surface area (Å²) in [7, 11) is 0. The van der Waals surface area contributed by atoms with Gasteiger partial charge in [0, 0.05) is 35.5 Å². The average Bonchev–Trinajstić information content (AvgIpc) is 3.38. The Hall–Kier alpha value is -1.44. The number of likely N-dealkylation sites (tertiary alicyclic amines) is 1. The molecule has 2 aromatic rings. The van der Waals surface area contributed by atoms with Gasteiger partial charge in [0.2, 0.25) is 11.8 Å². The first-order valence-corrected chi connectivity index (χ1v) is 13.1. The predicted molar refractivity (Wildman–Crippen MR) is 130 cm³/mol. The lowest BCUT2D eigenvalue weighted by Crippen LogP contribution is -2.42. The van der Waals surface area contributed by atoms with Crippen LogP contribution >= 0.6 is 38.9 Å². The number of hydrogen-bond donors (Lipinski definition) is 1. The number of fused-ring (bicyclic) bond motifs is 1. The zero-order valence-corrected chi connectivity index (χ0v) is 21.1. The Bertz CT molecular complexity index is 1000. The van der Waals surface area contributed by atoms with E-state index in [4.69, 9.17) is 11.6 Å². The molecule has 2 fully saturated rings. The van der Waals surface area contributed by atoms with Gasteiger partial charge in [0.1, 0.15) is 5.82 Å². The molecule has 2 aliphatic rings. The zero-order chi connectivity index (χ0) is 22.8. The largest absolute Gasteiger partial charge is 0.353 e. The number of aryl methyl sites for hydroxylation is 1. The number of halogens is 3. The van der Waals surface area contributed by atoms with Gasteiger partial charge in [-0.1, -0.05) is 17.7 Å². The first-order chi connectivity index (χ1) is 15.3. The Morgan fingerprint density at radius 1 is 1.25 bits per heavy atom. The van der Waals surface area contributed by atoms with E-state index in [-0.39, 0.29) is 29.6 Å². The molecule has 1 saturated carbocycles. The number of nitrogens with one attached hydrogen (secondary N) is 1. The van der Waals surface area contributed by atoms with Crippen molar-refractivity contribution < 1.29 is 14.0 Å². The average molecular weight is 542 g/mol. The Balaban J connectivity index is 1.27. The van der Waals surface area contributed by atoms with Crippen LogP contribution in [0.1, 0.15) is 49.0 Å². The molecule has 1 aromatic heterocycles. The summed E-state index contributed by atoms with van der Waals surface area (Å²) in [5.74, 6) is 0.602. The van der Waals surface area contributed by atoms with Gasteiger partial charge in [0.15, 0.2) is 0 Å². The molecule has 4 rings (SSSR count). The fraction of sp³-hybridized carbons (Fsp3) is 0.500. The molecule has 4 nitrogen and oxygen atoms in total. The second-order valence-corrected chi connectivity index (χ2v) is 11.8. The van der Waals surface area contributed by atoms with E-state index >= 15 is 0 Å². The van der Waals surface area contributed by atoms with Crippen LogP contribution in [0.4, 0.5) is 4.39 Å². The maximum Gasteiger partial charge on any atom is 0.228 e. The summed E-state index contributed by atoms with van der Waals surface area (Å²) < 4.78 is 14.2. The van der Waals surface area contributed by atoms with Crippen molar-refractivity contribution in [1.82, 2.24) is 10.2 Å². The number of benzene rings is 1. The van der Waals surface area contributed by atoms with E-state index in [9.17, 15) is 14.0 Å². The lowest BCUT2D eigenvalue weighted by atomic mass is 9.79. The van der Waals surface area contributed by atoms with Gasteiger partial charge in [-0.05, 0) is 90.2 Å². The van der Waals surface area contributed by atoms with Crippen molar-refractivity contribution in [3.05, 3.63) is 55.4 Å². The maximum absolute atomic E-state index is 13.2. The molecule has 172 valence electrons. The third-order valence-electron chi connectivity index (χ3n) is 6.79. The van der Waals surface area contributed by atoms with E-state index in [0.29, 0.717) is 29.7 Å². The highest BCUT2D eigenvalue weighted by molar-refractivity contribution is 9.11. The highest BCUT2D eigenvalue weighted by atomic mass is 79.9. The number of rotatable bonds is 6.